The van der Waals surface area contributed by atoms with Crippen LogP contribution in [0.1, 0.15) is 44.6 Å². The van der Waals surface area contributed by atoms with Gasteiger partial charge in [-0.05, 0) is 25.0 Å². The van der Waals surface area contributed by atoms with Crippen LogP contribution in [0.4, 0.5) is 0 Å². The molecule has 0 saturated carbocycles. The lowest BCUT2D eigenvalue weighted by Gasteiger charge is -2.21. The summed E-state index contributed by atoms with van der Waals surface area (Å²) in [5.74, 6) is 0.332. The Morgan fingerprint density at radius 3 is 2.37 bits per heavy atom. The third kappa shape index (κ3) is 2.37. The molecular formula is C16H22N2O. The molecule has 2 rings (SSSR count). The Hall–Kier alpha value is -1.77. The molecule has 0 bridgehead atoms. The van der Waals surface area contributed by atoms with Gasteiger partial charge in [-0.25, -0.2) is 4.68 Å². The number of aryl methyl sites for hydroxylation is 2. The second-order valence-corrected chi connectivity index (χ2v) is 5.95. The van der Waals surface area contributed by atoms with Gasteiger partial charge in [0.25, 0.3) is 0 Å². The minimum absolute atomic E-state index is 0.160. The van der Waals surface area contributed by atoms with E-state index in [-0.39, 0.29) is 5.41 Å². The van der Waals surface area contributed by atoms with Crippen molar-refractivity contribution in [3.63, 3.8) is 0 Å². The zero-order chi connectivity index (χ0) is 14.2. The lowest BCUT2D eigenvalue weighted by molar-refractivity contribution is 0.435. The van der Waals surface area contributed by atoms with E-state index in [0.29, 0.717) is 5.75 Å². The summed E-state index contributed by atoms with van der Waals surface area (Å²) in [7, 11) is 0. The summed E-state index contributed by atoms with van der Waals surface area (Å²) in [4.78, 5) is 0. The van der Waals surface area contributed by atoms with Crippen molar-refractivity contribution in [2.45, 2.75) is 46.5 Å². The number of para-hydroxylation sites is 1. The van der Waals surface area contributed by atoms with Crippen LogP contribution in [0, 0.1) is 6.92 Å². The van der Waals surface area contributed by atoms with Crippen molar-refractivity contribution < 1.29 is 5.11 Å². The molecule has 0 fully saturated rings. The second-order valence-electron chi connectivity index (χ2n) is 5.95. The van der Waals surface area contributed by atoms with Gasteiger partial charge in [0.05, 0.1) is 11.4 Å². The number of benzene rings is 1. The van der Waals surface area contributed by atoms with Crippen LogP contribution in [-0.4, -0.2) is 14.9 Å². The fourth-order valence-electron chi connectivity index (χ4n) is 2.34. The van der Waals surface area contributed by atoms with Crippen LogP contribution in [0.15, 0.2) is 24.3 Å². The highest BCUT2D eigenvalue weighted by molar-refractivity contribution is 5.47. The summed E-state index contributed by atoms with van der Waals surface area (Å²) in [6, 6.07) is 8.11. The van der Waals surface area contributed by atoms with Gasteiger partial charge in [-0.3, -0.25) is 0 Å². The van der Waals surface area contributed by atoms with Gasteiger partial charge in [0.2, 0.25) is 0 Å². The van der Waals surface area contributed by atoms with Crippen LogP contribution >= 0.6 is 0 Å². The smallest absolute Gasteiger partial charge is 0.161 e. The van der Waals surface area contributed by atoms with Crippen molar-refractivity contribution in [2.75, 3.05) is 0 Å². The first-order chi connectivity index (χ1) is 8.86. The summed E-state index contributed by atoms with van der Waals surface area (Å²) in [6.45, 7) is 10.4. The average Bonchev–Trinajstić information content (AvgIpc) is 2.66. The molecule has 0 spiro atoms. The largest absolute Gasteiger partial charge is 0.504 e. The van der Waals surface area contributed by atoms with E-state index in [2.05, 4.69) is 38.9 Å². The van der Waals surface area contributed by atoms with Crippen LogP contribution in [0.3, 0.4) is 0 Å². The van der Waals surface area contributed by atoms with E-state index >= 15 is 0 Å². The Morgan fingerprint density at radius 1 is 1.21 bits per heavy atom. The predicted molar refractivity (Wildman–Crippen MR) is 78.0 cm³/mol. The van der Waals surface area contributed by atoms with Gasteiger partial charge in [-0.1, -0.05) is 45.9 Å². The van der Waals surface area contributed by atoms with E-state index in [4.69, 9.17) is 0 Å². The molecule has 102 valence electrons. The minimum atomic E-state index is -0.160. The van der Waals surface area contributed by atoms with E-state index in [1.54, 1.807) is 0 Å². The monoisotopic (exact) mass is 258 g/mol. The standard InChI is InChI=1S/C16H22N2O/c1-6-12-14(19)15(16(3,4)5)18(17-12)13-10-8-7-9-11(13)2/h7-10,19H,6H2,1-5H3. The summed E-state index contributed by atoms with van der Waals surface area (Å²) in [5, 5.41) is 15.0. The summed E-state index contributed by atoms with van der Waals surface area (Å²) in [6.07, 6.45) is 0.730. The van der Waals surface area contributed by atoms with Gasteiger partial charge in [0.1, 0.15) is 5.69 Å². The minimum Gasteiger partial charge on any atom is -0.504 e. The molecule has 1 aromatic carbocycles. The quantitative estimate of drug-likeness (QED) is 0.891. The van der Waals surface area contributed by atoms with Gasteiger partial charge in [0, 0.05) is 5.41 Å². The Morgan fingerprint density at radius 2 is 1.84 bits per heavy atom. The summed E-state index contributed by atoms with van der Waals surface area (Å²) in [5.41, 5.74) is 3.65. The average molecular weight is 258 g/mol. The van der Waals surface area contributed by atoms with Gasteiger partial charge >= 0.3 is 0 Å². The van der Waals surface area contributed by atoms with Crippen LogP contribution in [-0.2, 0) is 11.8 Å². The molecule has 0 aliphatic rings. The fraction of sp³-hybridized carbons (Fsp3) is 0.438. The molecule has 19 heavy (non-hydrogen) atoms. The van der Waals surface area contributed by atoms with E-state index in [1.165, 1.54) is 0 Å². The van der Waals surface area contributed by atoms with Crippen LogP contribution < -0.4 is 0 Å². The van der Waals surface area contributed by atoms with Crippen LogP contribution in [0.5, 0.6) is 5.75 Å². The zero-order valence-corrected chi connectivity index (χ0v) is 12.4. The topological polar surface area (TPSA) is 38.0 Å². The zero-order valence-electron chi connectivity index (χ0n) is 12.4. The van der Waals surface area contributed by atoms with Crippen molar-refractivity contribution in [1.82, 2.24) is 9.78 Å². The molecule has 0 aliphatic carbocycles. The normalized spacial score (nSPS) is 11.8. The third-order valence-electron chi connectivity index (χ3n) is 3.32. The summed E-state index contributed by atoms with van der Waals surface area (Å²) >= 11 is 0. The molecule has 3 heteroatoms. The van der Waals surface area contributed by atoms with Crippen molar-refractivity contribution in [3.8, 4) is 11.4 Å². The van der Waals surface area contributed by atoms with Gasteiger partial charge in [-0.15, -0.1) is 0 Å². The van der Waals surface area contributed by atoms with Gasteiger partial charge < -0.3 is 5.11 Å². The number of hydrogen-bond donors (Lipinski definition) is 1. The fourth-order valence-corrected chi connectivity index (χ4v) is 2.34. The first-order valence-electron chi connectivity index (χ1n) is 6.73. The number of hydrogen-bond acceptors (Lipinski definition) is 2. The molecule has 1 aromatic heterocycles. The van der Waals surface area contributed by atoms with Crippen molar-refractivity contribution >= 4 is 0 Å². The number of aromatic nitrogens is 2. The van der Waals surface area contributed by atoms with Crippen LogP contribution in [0.2, 0.25) is 0 Å². The predicted octanol–water partition coefficient (Wildman–Crippen LogP) is 3.75. The van der Waals surface area contributed by atoms with Gasteiger partial charge in [0.15, 0.2) is 5.75 Å². The molecule has 1 N–H and O–H groups in total. The molecule has 2 aromatic rings. The van der Waals surface area contributed by atoms with E-state index in [0.717, 1.165) is 29.1 Å². The molecule has 3 nitrogen and oxygen atoms in total. The van der Waals surface area contributed by atoms with E-state index in [1.807, 2.05) is 29.8 Å². The van der Waals surface area contributed by atoms with E-state index < -0.39 is 0 Å². The number of nitrogens with zero attached hydrogens (tertiary/aromatic N) is 2. The Kier molecular flexibility index (Phi) is 3.40. The Bertz CT molecular complexity index is 591. The Labute approximate surface area is 114 Å². The lowest BCUT2D eigenvalue weighted by Crippen LogP contribution is -2.18. The van der Waals surface area contributed by atoms with Crippen molar-refractivity contribution in [1.29, 1.82) is 0 Å². The third-order valence-corrected chi connectivity index (χ3v) is 3.32. The molecule has 1 heterocycles. The first kappa shape index (κ1) is 13.7. The lowest BCUT2D eigenvalue weighted by atomic mass is 9.90. The maximum Gasteiger partial charge on any atom is 0.161 e. The molecule has 0 aliphatic heterocycles. The van der Waals surface area contributed by atoms with Crippen molar-refractivity contribution in [3.05, 3.63) is 41.2 Å². The van der Waals surface area contributed by atoms with Crippen molar-refractivity contribution in [2.24, 2.45) is 0 Å². The highest BCUT2D eigenvalue weighted by Crippen LogP contribution is 2.35. The van der Waals surface area contributed by atoms with E-state index in [9.17, 15) is 5.11 Å². The number of aromatic hydroxyl groups is 1. The Balaban J connectivity index is 2.74. The highest BCUT2D eigenvalue weighted by atomic mass is 16.3. The van der Waals surface area contributed by atoms with Crippen LogP contribution in [0.25, 0.3) is 5.69 Å². The highest BCUT2D eigenvalue weighted by Gasteiger charge is 2.27. The SMILES string of the molecule is CCc1nn(-c2ccccc2C)c(C(C)(C)C)c1O. The molecule has 0 radical (unpaired) electrons. The first-order valence-corrected chi connectivity index (χ1v) is 6.73. The second kappa shape index (κ2) is 4.72. The molecular weight excluding hydrogens is 236 g/mol. The van der Waals surface area contributed by atoms with Gasteiger partial charge in [-0.2, -0.15) is 5.10 Å². The molecule has 0 atom stereocenters. The molecule has 0 amide bonds. The molecule has 0 saturated heterocycles. The maximum absolute atomic E-state index is 10.4. The summed E-state index contributed by atoms with van der Waals surface area (Å²) < 4.78 is 1.89. The molecule has 0 unspecified atom stereocenters. The maximum atomic E-state index is 10.4. The number of rotatable bonds is 2.